The molecule has 72 valence electrons. The topological polar surface area (TPSA) is 51.0 Å². The minimum absolute atomic E-state index is 0.608. The van der Waals surface area contributed by atoms with E-state index in [1.54, 1.807) is 6.20 Å². The van der Waals surface area contributed by atoms with E-state index in [2.05, 4.69) is 15.5 Å². The Kier molecular flexibility index (Phi) is 2.44. The summed E-state index contributed by atoms with van der Waals surface area (Å²) in [5.74, 6) is 1.65. The smallest absolute Gasteiger partial charge is 0.155 e. The lowest BCUT2D eigenvalue weighted by atomic mass is 10.3. The summed E-state index contributed by atoms with van der Waals surface area (Å²) in [6, 6.07) is 7.66. The molecular formula is C10H11N3O. The molecule has 0 radical (unpaired) electrons. The third kappa shape index (κ3) is 2.10. The van der Waals surface area contributed by atoms with Gasteiger partial charge in [-0.05, 0) is 19.1 Å². The molecule has 0 aliphatic carbocycles. The van der Waals surface area contributed by atoms with Crippen molar-refractivity contribution in [2.75, 3.05) is 5.32 Å². The first kappa shape index (κ1) is 8.74. The second-order valence-electron chi connectivity index (χ2n) is 3.00. The van der Waals surface area contributed by atoms with Gasteiger partial charge in [-0.15, -0.1) is 0 Å². The van der Waals surface area contributed by atoms with Crippen molar-refractivity contribution in [3.8, 4) is 0 Å². The molecule has 2 heterocycles. The van der Waals surface area contributed by atoms with Gasteiger partial charge in [0.05, 0.1) is 12.7 Å². The van der Waals surface area contributed by atoms with E-state index in [1.165, 1.54) is 0 Å². The Hall–Kier alpha value is -1.84. The number of hydrogen-bond donors (Lipinski definition) is 1. The summed E-state index contributed by atoms with van der Waals surface area (Å²) in [5, 5.41) is 6.76. The molecule has 4 nitrogen and oxygen atoms in total. The van der Waals surface area contributed by atoms with Crippen LogP contribution in [0.3, 0.4) is 0 Å². The van der Waals surface area contributed by atoms with Gasteiger partial charge in [0.2, 0.25) is 0 Å². The minimum atomic E-state index is 0.608. The van der Waals surface area contributed by atoms with Gasteiger partial charge in [-0.3, -0.25) is 0 Å². The van der Waals surface area contributed by atoms with E-state index in [-0.39, 0.29) is 0 Å². The molecule has 0 aromatic carbocycles. The van der Waals surface area contributed by atoms with Crippen molar-refractivity contribution < 1.29 is 4.52 Å². The van der Waals surface area contributed by atoms with Gasteiger partial charge in [0.15, 0.2) is 5.76 Å². The molecule has 0 saturated heterocycles. The standard InChI is InChI=1S/C10H11N3O/c1-8-3-2-4-10(13-8)11-7-9-5-6-12-14-9/h2-6H,7H2,1H3,(H,11,13). The van der Waals surface area contributed by atoms with Crippen molar-refractivity contribution in [3.05, 3.63) is 41.9 Å². The van der Waals surface area contributed by atoms with E-state index in [0.29, 0.717) is 6.54 Å². The predicted molar refractivity (Wildman–Crippen MR) is 52.8 cm³/mol. The Balaban J connectivity index is 1.98. The Morgan fingerprint density at radius 1 is 1.36 bits per heavy atom. The Bertz CT molecular complexity index is 398. The summed E-state index contributed by atoms with van der Waals surface area (Å²) in [5.41, 5.74) is 0.993. The van der Waals surface area contributed by atoms with Crippen molar-refractivity contribution in [2.45, 2.75) is 13.5 Å². The molecule has 0 atom stereocenters. The molecule has 0 aliphatic heterocycles. The number of hydrogen-bond acceptors (Lipinski definition) is 4. The van der Waals surface area contributed by atoms with Crippen LogP contribution in [0.1, 0.15) is 11.5 Å². The number of anilines is 1. The molecule has 2 rings (SSSR count). The van der Waals surface area contributed by atoms with Crippen LogP contribution < -0.4 is 5.32 Å². The van der Waals surface area contributed by atoms with Gasteiger partial charge >= 0.3 is 0 Å². The molecule has 4 heteroatoms. The number of aryl methyl sites for hydroxylation is 1. The SMILES string of the molecule is Cc1cccc(NCc2ccno2)n1. The second kappa shape index (κ2) is 3.91. The van der Waals surface area contributed by atoms with Crippen LogP contribution >= 0.6 is 0 Å². The van der Waals surface area contributed by atoms with Crippen LogP contribution in [0.4, 0.5) is 5.82 Å². The zero-order valence-electron chi connectivity index (χ0n) is 7.90. The largest absolute Gasteiger partial charge is 0.363 e. The lowest BCUT2D eigenvalue weighted by molar-refractivity contribution is 0.388. The van der Waals surface area contributed by atoms with Crippen molar-refractivity contribution >= 4 is 5.82 Å². The van der Waals surface area contributed by atoms with Crippen LogP contribution in [-0.4, -0.2) is 10.1 Å². The van der Waals surface area contributed by atoms with Gasteiger partial charge in [-0.1, -0.05) is 11.2 Å². The summed E-state index contributed by atoms with van der Waals surface area (Å²) in [6.45, 7) is 2.57. The van der Waals surface area contributed by atoms with Gasteiger partial charge in [-0.25, -0.2) is 4.98 Å². The van der Waals surface area contributed by atoms with E-state index in [1.807, 2.05) is 31.2 Å². The number of nitrogens with zero attached hydrogens (tertiary/aromatic N) is 2. The summed E-state index contributed by atoms with van der Waals surface area (Å²) in [7, 11) is 0. The zero-order valence-corrected chi connectivity index (χ0v) is 7.90. The number of aromatic nitrogens is 2. The summed E-state index contributed by atoms with van der Waals surface area (Å²) < 4.78 is 4.95. The van der Waals surface area contributed by atoms with Crippen molar-refractivity contribution in [1.82, 2.24) is 10.1 Å². The van der Waals surface area contributed by atoms with Gasteiger partial charge in [0.25, 0.3) is 0 Å². The fourth-order valence-corrected chi connectivity index (χ4v) is 1.15. The van der Waals surface area contributed by atoms with E-state index in [0.717, 1.165) is 17.3 Å². The average Bonchev–Trinajstić information content (AvgIpc) is 2.67. The van der Waals surface area contributed by atoms with E-state index < -0.39 is 0 Å². The maximum absolute atomic E-state index is 4.95. The molecule has 0 unspecified atom stereocenters. The molecule has 2 aromatic rings. The quantitative estimate of drug-likeness (QED) is 0.802. The van der Waals surface area contributed by atoms with Gasteiger partial charge in [0, 0.05) is 11.8 Å². The third-order valence-electron chi connectivity index (χ3n) is 1.82. The highest BCUT2D eigenvalue weighted by molar-refractivity contribution is 5.35. The molecule has 1 N–H and O–H groups in total. The molecule has 0 fully saturated rings. The molecule has 14 heavy (non-hydrogen) atoms. The normalized spacial score (nSPS) is 10.1. The maximum Gasteiger partial charge on any atom is 0.155 e. The number of nitrogens with one attached hydrogen (secondary N) is 1. The fourth-order valence-electron chi connectivity index (χ4n) is 1.15. The van der Waals surface area contributed by atoms with Crippen LogP contribution in [0.5, 0.6) is 0 Å². The first-order chi connectivity index (χ1) is 6.84. The number of rotatable bonds is 3. The Morgan fingerprint density at radius 3 is 3.00 bits per heavy atom. The molecule has 0 saturated carbocycles. The molecule has 2 aromatic heterocycles. The van der Waals surface area contributed by atoms with Crippen LogP contribution in [0.25, 0.3) is 0 Å². The average molecular weight is 189 g/mol. The highest BCUT2D eigenvalue weighted by Crippen LogP contribution is 2.06. The van der Waals surface area contributed by atoms with Gasteiger partial charge in [-0.2, -0.15) is 0 Å². The highest BCUT2D eigenvalue weighted by atomic mass is 16.5. The molecule has 0 amide bonds. The molecule has 0 bridgehead atoms. The van der Waals surface area contributed by atoms with E-state index in [9.17, 15) is 0 Å². The van der Waals surface area contributed by atoms with Gasteiger partial charge < -0.3 is 9.84 Å². The predicted octanol–water partition coefficient (Wildman–Crippen LogP) is 1.99. The maximum atomic E-state index is 4.95. The zero-order chi connectivity index (χ0) is 9.80. The van der Waals surface area contributed by atoms with Crippen LogP contribution in [0.15, 0.2) is 35.0 Å². The third-order valence-corrected chi connectivity index (χ3v) is 1.82. The lowest BCUT2D eigenvalue weighted by Gasteiger charge is -2.02. The summed E-state index contributed by atoms with van der Waals surface area (Å²) in [6.07, 6.45) is 1.63. The number of pyridine rings is 1. The Labute approximate surface area is 82.0 Å². The minimum Gasteiger partial charge on any atom is -0.363 e. The van der Waals surface area contributed by atoms with Gasteiger partial charge in [0.1, 0.15) is 5.82 Å². The van der Waals surface area contributed by atoms with Crippen LogP contribution in [-0.2, 0) is 6.54 Å². The first-order valence-corrected chi connectivity index (χ1v) is 4.42. The summed E-state index contributed by atoms with van der Waals surface area (Å²) in [4.78, 5) is 4.30. The van der Waals surface area contributed by atoms with E-state index in [4.69, 9.17) is 4.52 Å². The summed E-state index contributed by atoms with van der Waals surface area (Å²) >= 11 is 0. The van der Waals surface area contributed by atoms with Crippen LogP contribution in [0.2, 0.25) is 0 Å². The first-order valence-electron chi connectivity index (χ1n) is 4.42. The lowest BCUT2D eigenvalue weighted by Crippen LogP contribution is -2.00. The van der Waals surface area contributed by atoms with Crippen molar-refractivity contribution in [1.29, 1.82) is 0 Å². The second-order valence-corrected chi connectivity index (χ2v) is 3.00. The van der Waals surface area contributed by atoms with Crippen molar-refractivity contribution in [3.63, 3.8) is 0 Å². The molecular weight excluding hydrogens is 178 g/mol. The highest BCUT2D eigenvalue weighted by Gasteiger charge is 1.97. The molecule has 0 spiro atoms. The monoisotopic (exact) mass is 189 g/mol. The van der Waals surface area contributed by atoms with Crippen LogP contribution in [0, 0.1) is 6.92 Å². The van der Waals surface area contributed by atoms with Crippen molar-refractivity contribution in [2.24, 2.45) is 0 Å². The fraction of sp³-hybridized carbons (Fsp3) is 0.200. The Morgan fingerprint density at radius 2 is 2.29 bits per heavy atom. The van der Waals surface area contributed by atoms with E-state index >= 15 is 0 Å². The molecule has 0 aliphatic rings.